The molecule has 6 aromatic heterocycles. The molecule has 0 bridgehead atoms. The van der Waals surface area contributed by atoms with Crippen molar-refractivity contribution in [3.63, 3.8) is 0 Å². The molecule has 204 valence electrons. The highest BCUT2D eigenvalue weighted by atomic mass is 79.9. The summed E-state index contributed by atoms with van der Waals surface area (Å²) in [5.74, 6) is 0. The Hall–Kier alpha value is -4.02. The van der Waals surface area contributed by atoms with Crippen molar-refractivity contribution in [2.24, 2.45) is 0 Å². The summed E-state index contributed by atoms with van der Waals surface area (Å²) < 4.78 is 8.47. The lowest BCUT2D eigenvalue weighted by atomic mass is 10.3. The Labute approximate surface area is 255 Å². The number of aromatic nitrogens is 8. The van der Waals surface area contributed by atoms with Gasteiger partial charge in [-0.3, -0.25) is 19.9 Å². The van der Waals surface area contributed by atoms with E-state index in [-0.39, 0.29) is 34.0 Å². The van der Waals surface area contributed by atoms with Gasteiger partial charge in [-0.2, -0.15) is 0 Å². The molecule has 0 aliphatic rings. The van der Waals surface area contributed by atoms with E-state index in [9.17, 15) is 0 Å². The molecular weight excluding hydrogens is 632 g/mol. The minimum absolute atomic E-state index is 0. The molecule has 0 saturated heterocycles. The Morgan fingerprint density at radius 2 is 0.825 bits per heavy atom. The van der Waals surface area contributed by atoms with Crippen LogP contribution in [0.3, 0.4) is 0 Å². The lowest BCUT2D eigenvalue weighted by Gasteiger charge is -1.97. The van der Waals surface area contributed by atoms with Gasteiger partial charge in [-0.25, -0.2) is 18.3 Å². The molecule has 0 aliphatic carbocycles. The summed E-state index contributed by atoms with van der Waals surface area (Å²) >= 11 is 0. The molecule has 0 atom stereocenters. The number of nitrogens with zero attached hydrogens (tertiary/aromatic N) is 8. The highest BCUT2D eigenvalue weighted by Crippen LogP contribution is 2.00. The van der Waals surface area contributed by atoms with Gasteiger partial charge in [0.1, 0.15) is 51.0 Å². The van der Waals surface area contributed by atoms with E-state index in [0.29, 0.717) is 0 Å². The van der Waals surface area contributed by atoms with Crippen LogP contribution < -0.4 is 43.1 Å². The molecule has 40 heavy (non-hydrogen) atoms. The van der Waals surface area contributed by atoms with Crippen molar-refractivity contribution < 1.29 is 43.1 Å². The summed E-state index contributed by atoms with van der Waals surface area (Å²) in [7, 11) is 0. The van der Waals surface area contributed by atoms with Crippen molar-refractivity contribution in [3.05, 3.63) is 158 Å². The zero-order valence-electron chi connectivity index (χ0n) is 21.9. The van der Waals surface area contributed by atoms with Crippen LogP contribution in [0.15, 0.2) is 135 Å². The van der Waals surface area contributed by atoms with Crippen LogP contribution >= 0.6 is 0 Å². The van der Waals surface area contributed by atoms with Crippen molar-refractivity contribution in [1.82, 2.24) is 29.1 Å². The fourth-order valence-electron chi connectivity index (χ4n) is 3.97. The van der Waals surface area contributed by atoms with Gasteiger partial charge in [0.15, 0.2) is 0 Å². The van der Waals surface area contributed by atoms with Gasteiger partial charge in [-0.15, -0.1) is 0 Å². The van der Waals surface area contributed by atoms with Crippen LogP contribution in [-0.2, 0) is 26.2 Å². The Kier molecular flexibility index (Phi) is 12.3. The van der Waals surface area contributed by atoms with E-state index in [1.807, 2.05) is 97.6 Å². The normalized spacial score (nSPS) is 10.0. The molecule has 0 N–H and O–H groups in total. The average Bonchev–Trinajstić information content (AvgIpc) is 3.60. The fourth-order valence-corrected chi connectivity index (χ4v) is 3.97. The average molecular weight is 662 g/mol. The minimum atomic E-state index is 0. The summed E-state index contributed by atoms with van der Waals surface area (Å²) in [6.07, 6.45) is 19.6. The molecule has 6 heterocycles. The molecule has 0 aliphatic heterocycles. The molecule has 6 aromatic rings. The Bertz CT molecular complexity index is 1280. The molecule has 0 aromatic carbocycles. The van der Waals surface area contributed by atoms with E-state index < -0.39 is 0 Å². The second-order valence-electron chi connectivity index (χ2n) is 8.80. The number of imidazole rings is 2. The van der Waals surface area contributed by atoms with Crippen molar-refractivity contribution in [2.45, 2.75) is 26.2 Å². The molecule has 0 amide bonds. The van der Waals surface area contributed by atoms with Crippen LogP contribution in [0.1, 0.15) is 22.8 Å². The van der Waals surface area contributed by atoms with E-state index in [1.165, 1.54) is 0 Å². The third-order valence-electron chi connectivity index (χ3n) is 5.78. The highest BCUT2D eigenvalue weighted by Gasteiger charge is 2.07. The number of halogens is 2. The van der Waals surface area contributed by atoms with E-state index in [2.05, 4.69) is 75.6 Å². The maximum absolute atomic E-state index is 4.32. The second kappa shape index (κ2) is 16.2. The van der Waals surface area contributed by atoms with E-state index in [1.54, 1.807) is 0 Å². The lowest BCUT2D eigenvalue weighted by Crippen LogP contribution is -3.00. The van der Waals surface area contributed by atoms with Crippen molar-refractivity contribution in [2.75, 3.05) is 0 Å². The second-order valence-corrected chi connectivity index (χ2v) is 8.80. The van der Waals surface area contributed by atoms with Gasteiger partial charge in [0.2, 0.25) is 12.7 Å². The van der Waals surface area contributed by atoms with Crippen molar-refractivity contribution in [3.8, 4) is 0 Å². The third kappa shape index (κ3) is 9.62. The van der Waals surface area contributed by atoms with Crippen molar-refractivity contribution >= 4 is 0 Å². The van der Waals surface area contributed by atoms with Gasteiger partial charge in [-0.1, -0.05) is 24.3 Å². The van der Waals surface area contributed by atoms with Crippen molar-refractivity contribution in [1.29, 1.82) is 0 Å². The first kappa shape index (κ1) is 30.5. The molecule has 0 saturated carbocycles. The predicted molar refractivity (Wildman–Crippen MR) is 143 cm³/mol. The molecule has 8 nitrogen and oxygen atoms in total. The maximum Gasteiger partial charge on any atom is 0.244 e. The fraction of sp³-hybridized carbons (Fsp3) is 0.133. The van der Waals surface area contributed by atoms with Gasteiger partial charge >= 0.3 is 0 Å². The van der Waals surface area contributed by atoms with E-state index >= 15 is 0 Å². The smallest absolute Gasteiger partial charge is 0.244 e. The zero-order chi connectivity index (χ0) is 25.8. The largest absolute Gasteiger partial charge is 1.00 e. The molecule has 0 radical (unpaired) electrons. The maximum atomic E-state index is 4.32. The van der Waals surface area contributed by atoms with E-state index in [0.717, 1.165) is 49.0 Å². The number of rotatable bonds is 8. The molecule has 0 fully saturated rings. The highest BCUT2D eigenvalue weighted by molar-refractivity contribution is 5.05. The topological polar surface area (TPSA) is 69.2 Å². The SMILES string of the molecule is [Br-].[Br-].c1ccc(Cn2cc[n+](Cc3ccccn3)c2)nc1.c1ccc(Cn2cc[n+](Cc3ccccn3)c2)nc1. The summed E-state index contributed by atoms with van der Waals surface area (Å²) in [5.41, 5.74) is 4.23. The van der Waals surface area contributed by atoms with Gasteiger partial charge in [0.25, 0.3) is 0 Å². The van der Waals surface area contributed by atoms with Crippen LogP contribution in [-0.4, -0.2) is 29.1 Å². The number of hydrogen-bond donors (Lipinski definition) is 0. The summed E-state index contributed by atoms with van der Waals surface area (Å²) in [6.45, 7) is 3.15. The Morgan fingerprint density at radius 3 is 1.15 bits per heavy atom. The Morgan fingerprint density at radius 1 is 0.475 bits per heavy atom. The molecular formula is C30H30Br2N8. The predicted octanol–water partition coefficient (Wildman–Crippen LogP) is -2.67. The summed E-state index contributed by atoms with van der Waals surface area (Å²) in [6, 6.07) is 23.9. The van der Waals surface area contributed by atoms with Gasteiger partial charge in [0, 0.05) is 24.8 Å². The zero-order valence-corrected chi connectivity index (χ0v) is 25.0. The summed E-state index contributed by atoms with van der Waals surface area (Å²) in [4.78, 5) is 17.3. The third-order valence-corrected chi connectivity index (χ3v) is 5.78. The number of hydrogen-bond acceptors (Lipinski definition) is 4. The van der Waals surface area contributed by atoms with Crippen LogP contribution in [0.4, 0.5) is 0 Å². The first-order valence-electron chi connectivity index (χ1n) is 12.5. The first-order chi connectivity index (χ1) is 18.8. The van der Waals surface area contributed by atoms with Crippen LogP contribution in [0.5, 0.6) is 0 Å². The molecule has 0 unspecified atom stereocenters. The Balaban J connectivity index is 0.000000210. The molecule has 10 heteroatoms. The van der Waals surface area contributed by atoms with Gasteiger partial charge in [-0.05, 0) is 48.5 Å². The molecule has 6 rings (SSSR count). The monoisotopic (exact) mass is 660 g/mol. The quantitative estimate of drug-likeness (QED) is 0.167. The summed E-state index contributed by atoms with van der Waals surface area (Å²) in [5, 5.41) is 0. The van der Waals surface area contributed by atoms with Crippen LogP contribution in [0.2, 0.25) is 0 Å². The number of pyridine rings is 4. The van der Waals surface area contributed by atoms with Gasteiger partial charge in [0.05, 0.1) is 22.8 Å². The standard InChI is InChI=1S/2C15H15N4.2BrH/c2*1-3-7-16-14(5-1)11-18-9-10-19(13-18)12-15-6-2-4-8-17-15;;/h2*1-10,13H,11-12H2;2*1H/q2*+1;;/p-2. The van der Waals surface area contributed by atoms with Crippen LogP contribution in [0.25, 0.3) is 0 Å². The minimum Gasteiger partial charge on any atom is -1.00 e. The first-order valence-corrected chi connectivity index (χ1v) is 12.5. The lowest BCUT2D eigenvalue weighted by molar-refractivity contribution is -0.688. The molecule has 0 spiro atoms. The van der Waals surface area contributed by atoms with Crippen LogP contribution in [0, 0.1) is 0 Å². The van der Waals surface area contributed by atoms with Gasteiger partial charge < -0.3 is 34.0 Å². The van der Waals surface area contributed by atoms with E-state index in [4.69, 9.17) is 0 Å².